The quantitative estimate of drug-likeness (QED) is 0.445. The van der Waals surface area contributed by atoms with Gasteiger partial charge >= 0.3 is 5.63 Å². The van der Waals surface area contributed by atoms with Crippen molar-refractivity contribution in [2.24, 2.45) is 5.92 Å². The number of carbonyl (C=O) groups is 2. The minimum Gasteiger partial charge on any atom is -0.493 e. The smallest absolute Gasteiger partial charge is 0.349 e. The topological polar surface area (TPSA) is 107 Å². The van der Waals surface area contributed by atoms with E-state index in [-0.39, 0.29) is 11.1 Å². The summed E-state index contributed by atoms with van der Waals surface area (Å²) in [5.74, 6) is 0.0686. The Labute approximate surface area is 179 Å². The average molecular weight is 424 g/mol. The van der Waals surface area contributed by atoms with Crippen molar-refractivity contribution in [3.05, 3.63) is 70.1 Å². The number of hydrogen-bond acceptors (Lipinski definition) is 6. The highest BCUT2D eigenvalue weighted by molar-refractivity contribution is 6.00. The molecule has 31 heavy (non-hydrogen) atoms. The average Bonchev–Trinajstić information content (AvgIpc) is 2.76. The number of ether oxygens (including phenoxy) is 2. The molecule has 0 spiro atoms. The summed E-state index contributed by atoms with van der Waals surface area (Å²) in [6.07, 6.45) is 0.889. The van der Waals surface area contributed by atoms with Gasteiger partial charge in [0.15, 0.2) is 11.5 Å². The molecular formula is C23H24N2O6. The molecule has 0 saturated carbocycles. The molecule has 8 heteroatoms. The van der Waals surface area contributed by atoms with E-state index in [9.17, 15) is 14.4 Å². The Bertz CT molecular complexity index is 1150. The lowest BCUT2D eigenvalue weighted by Gasteiger charge is -2.13. The first-order valence-corrected chi connectivity index (χ1v) is 9.83. The number of methoxy groups -OCH3 is 1. The van der Waals surface area contributed by atoms with Crippen LogP contribution >= 0.6 is 0 Å². The molecule has 1 heterocycles. The van der Waals surface area contributed by atoms with Crippen LogP contribution in [-0.2, 0) is 0 Å². The lowest BCUT2D eigenvalue weighted by atomic mass is 10.1. The lowest BCUT2D eigenvalue weighted by molar-refractivity contribution is 0.0844. The molecule has 8 nitrogen and oxygen atoms in total. The molecule has 0 bridgehead atoms. The van der Waals surface area contributed by atoms with E-state index < -0.39 is 17.4 Å². The highest BCUT2D eigenvalue weighted by atomic mass is 16.5. The summed E-state index contributed by atoms with van der Waals surface area (Å²) < 4.78 is 16.1. The third kappa shape index (κ3) is 5.42. The molecule has 0 aliphatic rings. The van der Waals surface area contributed by atoms with Crippen molar-refractivity contribution in [2.75, 3.05) is 13.7 Å². The Balaban J connectivity index is 1.67. The molecule has 2 amide bonds. The van der Waals surface area contributed by atoms with Gasteiger partial charge in [0, 0.05) is 10.9 Å². The highest BCUT2D eigenvalue weighted by Crippen LogP contribution is 2.28. The molecule has 0 unspecified atom stereocenters. The van der Waals surface area contributed by atoms with Gasteiger partial charge in [-0.05, 0) is 42.7 Å². The van der Waals surface area contributed by atoms with E-state index in [0.717, 1.165) is 6.42 Å². The molecule has 2 N–H and O–H groups in total. The fourth-order valence-corrected chi connectivity index (χ4v) is 2.81. The Kier molecular flexibility index (Phi) is 6.92. The molecule has 3 rings (SSSR count). The lowest BCUT2D eigenvalue weighted by Crippen LogP contribution is -2.43. The van der Waals surface area contributed by atoms with Crippen LogP contribution in [0.5, 0.6) is 11.5 Å². The van der Waals surface area contributed by atoms with Gasteiger partial charge in [-0.25, -0.2) is 4.79 Å². The summed E-state index contributed by atoms with van der Waals surface area (Å²) >= 11 is 0. The summed E-state index contributed by atoms with van der Waals surface area (Å²) in [5, 5.41) is 0.594. The maximum atomic E-state index is 12.4. The molecule has 1 aromatic heterocycles. The van der Waals surface area contributed by atoms with Crippen LogP contribution < -0.4 is 26.0 Å². The van der Waals surface area contributed by atoms with Gasteiger partial charge in [0.05, 0.1) is 13.7 Å². The maximum absolute atomic E-state index is 12.4. The molecule has 0 radical (unpaired) electrons. The van der Waals surface area contributed by atoms with Crippen molar-refractivity contribution < 1.29 is 23.5 Å². The molecule has 3 aromatic rings. The largest absolute Gasteiger partial charge is 0.493 e. The first-order chi connectivity index (χ1) is 14.9. The zero-order valence-electron chi connectivity index (χ0n) is 17.6. The summed E-state index contributed by atoms with van der Waals surface area (Å²) in [6.45, 7) is 4.73. The summed E-state index contributed by atoms with van der Waals surface area (Å²) in [4.78, 5) is 36.9. The number of hydrogen-bond donors (Lipinski definition) is 2. The summed E-state index contributed by atoms with van der Waals surface area (Å²) in [7, 11) is 1.48. The van der Waals surface area contributed by atoms with E-state index in [1.165, 1.54) is 19.2 Å². The molecule has 0 saturated heterocycles. The van der Waals surface area contributed by atoms with Crippen LogP contribution in [0.1, 0.15) is 41.0 Å². The second-order valence-corrected chi connectivity index (χ2v) is 7.29. The van der Waals surface area contributed by atoms with Gasteiger partial charge in [-0.1, -0.05) is 32.0 Å². The molecule has 0 fully saturated rings. The molecule has 0 aliphatic carbocycles. The van der Waals surface area contributed by atoms with Gasteiger partial charge < -0.3 is 13.9 Å². The van der Waals surface area contributed by atoms with Crippen molar-refractivity contribution in [1.82, 2.24) is 10.9 Å². The van der Waals surface area contributed by atoms with Crippen molar-refractivity contribution in [3.8, 4) is 11.5 Å². The Morgan fingerprint density at radius 2 is 1.74 bits per heavy atom. The molecule has 162 valence electrons. The van der Waals surface area contributed by atoms with Gasteiger partial charge in [0.25, 0.3) is 11.8 Å². The minimum atomic E-state index is -0.796. The molecule has 0 aliphatic heterocycles. The van der Waals surface area contributed by atoms with E-state index in [0.29, 0.717) is 35.0 Å². The Hall–Kier alpha value is -3.81. The standard InChI is InChI=1S/C23H24N2O6/c1-14(2)10-11-30-19-9-8-16(13-20(19)29-3)21(26)24-25-22(27)17-12-15-6-4-5-7-18(15)31-23(17)28/h4-9,12-14H,10-11H2,1-3H3,(H,24,26)(H,25,27). The number of fused-ring (bicyclic) bond motifs is 1. The summed E-state index contributed by atoms with van der Waals surface area (Å²) in [6, 6.07) is 12.9. The highest BCUT2D eigenvalue weighted by Gasteiger charge is 2.16. The normalized spacial score (nSPS) is 10.7. The van der Waals surface area contributed by atoms with Crippen molar-refractivity contribution >= 4 is 22.8 Å². The number of nitrogens with one attached hydrogen (secondary N) is 2. The third-order valence-corrected chi connectivity index (χ3v) is 4.55. The molecule has 0 atom stereocenters. The van der Waals surface area contributed by atoms with Gasteiger partial charge in [0.1, 0.15) is 11.1 Å². The number of benzene rings is 2. The van der Waals surface area contributed by atoms with Crippen LogP contribution in [0.15, 0.2) is 57.7 Å². The van der Waals surface area contributed by atoms with Crippen molar-refractivity contribution in [3.63, 3.8) is 0 Å². The molecule has 2 aromatic carbocycles. The van der Waals surface area contributed by atoms with Gasteiger partial charge in [-0.3, -0.25) is 20.4 Å². The van der Waals surface area contributed by atoms with Crippen molar-refractivity contribution in [1.29, 1.82) is 0 Å². The fraction of sp³-hybridized carbons (Fsp3) is 0.261. The van der Waals surface area contributed by atoms with Gasteiger partial charge in [0.2, 0.25) is 0 Å². The monoisotopic (exact) mass is 424 g/mol. The van der Waals surface area contributed by atoms with E-state index >= 15 is 0 Å². The summed E-state index contributed by atoms with van der Waals surface area (Å²) in [5.41, 5.74) is 4.12. The second-order valence-electron chi connectivity index (χ2n) is 7.29. The predicted octanol–water partition coefficient (Wildman–Crippen LogP) is 3.30. The van der Waals surface area contributed by atoms with E-state index in [1.807, 2.05) is 0 Å². The first-order valence-electron chi connectivity index (χ1n) is 9.83. The van der Waals surface area contributed by atoms with Gasteiger partial charge in [-0.15, -0.1) is 0 Å². The van der Waals surface area contributed by atoms with E-state index in [2.05, 4.69) is 24.7 Å². The van der Waals surface area contributed by atoms with Crippen LogP contribution in [0, 0.1) is 5.92 Å². The Morgan fingerprint density at radius 3 is 2.48 bits per heavy atom. The van der Waals surface area contributed by atoms with Gasteiger partial charge in [-0.2, -0.15) is 0 Å². The van der Waals surface area contributed by atoms with Crippen LogP contribution in [0.2, 0.25) is 0 Å². The zero-order valence-corrected chi connectivity index (χ0v) is 17.6. The number of amides is 2. The van der Waals surface area contributed by atoms with E-state index in [4.69, 9.17) is 13.9 Å². The maximum Gasteiger partial charge on any atom is 0.349 e. The third-order valence-electron chi connectivity index (χ3n) is 4.55. The number of hydrazine groups is 1. The van der Waals surface area contributed by atoms with Crippen LogP contribution in [0.25, 0.3) is 11.0 Å². The first kappa shape index (κ1) is 21.9. The predicted molar refractivity (Wildman–Crippen MR) is 115 cm³/mol. The Morgan fingerprint density at radius 1 is 1.00 bits per heavy atom. The fourth-order valence-electron chi connectivity index (χ4n) is 2.81. The second kappa shape index (κ2) is 9.80. The van der Waals surface area contributed by atoms with Crippen LogP contribution in [0.4, 0.5) is 0 Å². The number of rotatable bonds is 7. The SMILES string of the molecule is COc1cc(C(=O)NNC(=O)c2cc3ccccc3oc2=O)ccc1OCCC(C)C. The number of para-hydroxylation sites is 1. The van der Waals surface area contributed by atoms with Crippen LogP contribution in [-0.4, -0.2) is 25.5 Å². The van der Waals surface area contributed by atoms with Crippen LogP contribution in [0.3, 0.4) is 0 Å². The minimum absolute atomic E-state index is 0.217. The zero-order chi connectivity index (χ0) is 22.4. The van der Waals surface area contributed by atoms with E-state index in [1.54, 1.807) is 36.4 Å². The molecular weight excluding hydrogens is 400 g/mol. The van der Waals surface area contributed by atoms with Crippen molar-refractivity contribution in [2.45, 2.75) is 20.3 Å². The number of carbonyl (C=O) groups excluding carboxylic acids is 2.